The van der Waals surface area contributed by atoms with Gasteiger partial charge in [0.2, 0.25) is 0 Å². The molecule has 0 bridgehead atoms. The highest BCUT2D eigenvalue weighted by Gasteiger charge is 2.24. The fourth-order valence-electron chi connectivity index (χ4n) is 2.42. The van der Waals surface area contributed by atoms with Crippen LogP contribution in [0.5, 0.6) is 5.75 Å². The van der Waals surface area contributed by atoms with Crippen molar-refractivity contribution < 1.29 is 28.8 Å². The van der Waals surface area contributed by atoms with Crippen molar-refractivity contribution in [2.75, 3.05) is 13.2 Å². The Morgan fingerprint density at radius 3 is 2.44 bits per heavy atom. The average molecular weight is 344 g/mol. The highest BCUT2D eigenvalue weighted by atomic mass is 17.2. The second-order valence-electron chi connectivity index (χ2n) is 5.59. The van der Waals surface area contributed by atoms with Crippen LogP contribution < -0.4 is 4.74 Å². The van der Waals surface area contributed by atoms with Gasteiger partial charge in [0.25, 0.3) is 0 Å². The first-order chi connectivity index (χ1) is 12.2. The fraction of sp³-hybridized carbons (Fsp3) is 0.316. The Morgan fingerprint density at radius 1 is 1.04 bits per heavy atom. The Morgan fingerprint density at radius 2 is 1.72 bits per heavy atom. The van der Waals surface area contributed by atoms with E-state index in [0.717, 1.165) is 11.1 Å². The van der Waals surface area contributed by atoms with Gasteiger partial charge in [-0.1, -0.05) is 48.5 Å². The second kappa shape index (κ2) is 8.73. The number of hydrogen-bond acceptors (Lipinski definition) is 6. The zero-order valence-corrected chi connectivity index (χ0v) is 13.9. The Bertz CT molecular complexity index is 679. The third kappa shape index (κ3) is 5.11. The smallest absolute Gasteiger partial charge is 0.308 e. The highest BCUT2D eigenvalue weighted by molar-refractivity contribution is 5.69. The van der Waals surface area contributed by atoms with E-state index in [2.05, 4.69) is 0 Å². The molecular weight excluding hydrogens is 324 g/mol. The second-order valence-corrected chi connectivity index (χ2v) is 5.59. The summed E-state index contributed by atoms with van der Waals surface area (Å²) in [4.78, 5) is 21.7. The molecule has 1 saturated heterocycles. The summed E-state index contributed by atoms with van der Waals surface area (Å²) in [6.45, 7) is 2.24. The molecule has 0 spiro atoms. The molecular formula is C19H20O6. The minimum absolute atomic E-state index is 0.155. The molecule has 25 heavy (non-hydrogen) atoms. The summed E-state index contributed by atoms with van der Waals surface area (Å²) in [5.41, 5.74) is 1.69. The van der Waals surface area contributed by atoms with E-state index in [1.165, 1.54) is 6.92 Å². The molecule has 1 fully saturated rings. The van der Waals surface area contributed by atoms with Gasteiger partial charge in [0.05, 0.1) is 13.2 Å². The lowest BCUT2D eigenvalue weighted by Crippen LogP contribution is -2.33. The molecule has 0 aliphatic carbocycles. The SMILES string of the molecule is CC(=O)Oc1ccccc1COOC1COC(c2ccccc2)OC1. The van der Waals surface area contributed by atoms with Crippen molar-refractivity contribution in [3.63, 3.8) is 0 Å². The summed E-state index contributed by atoms with van der Waals surface area (Å²) in [6.07, 6.45) is -0.702. The van der Waals surface area contributed by atoms with Crippen molar-refractivity contribution in [3.05, 3.63) is 65.7 Å². The molecule has 3 rings (SSSR count). The monoisotopic (exact) mass is 344 g/mol. The number of carbonyl (C=O) groups is 1. The molecule has 0 N–H and O–H groups in total. The molecule has 0 radical (unpaired) electrons. The van der Waals surface area contributed by atoms with E-state index in [1.807, 2.05) is 36.4 Å². The predicted octanol–water partition coefficient (Wildman–Crippen LogP) is 3.17. The van der Waals surface area contributed by atoms with E-state index >= 15 is 0 Å². The third-order valence-electron chi connectivity index (χ3n) is 3.58. The molecule has 1 aliphatic heterocycles. The molecule has 0 amide bonds. The molecule has 2 aromatic rings. The van der Waals surface area contributed by atoms with Gasteiger partial charge in [0, 0.05) is 18.1 Å². The van der Waals surface area contributed by atoms with Crippen molar-refractivity contribution in [3.8, 4) is 5.75 Å². The molecule has 0 atom stereocenters. The number of para-hydroxylation sites is 1. The number of rotatable bonds is 6. The van der Waals surface area contributed by atoms with Gasteiger partial charge in [0.15, 0.2) is 6.29 Å². The largest absolute Gasteiger partial charge is 0.426 e. The Balaban J connectivity index is 1.44. The van der Waals surface area contributed by atoms with Crippen LogP contribution in [-0.4, -0.2) is 25.3 Å². The van der Waals surface area contributed by atoms with Gasteiger partial charge in [-0.2, -0.15) is 0 Å². The van der Waals surface area contributed by atoms with E-state index < -0.39 is 0 Å². The van der Waals surface area contributed by atoms with Gasteiger partial charge in [0.1, 0.15) is 18.5 Å². The first-order valence-electron chi connectivity index (χ1n) is 8.05. The molecule has 2 aromatic carbocycles. The lowest BCUT2D eigenvalue weighted by atomic mass is 10.2. The standard InChI is InChI=1S/C19H20O6/c1-14(20)24-18-10-6-5-9-16(18)11-23-25-17-12-21-19(22-13-17)15-7-3-2-4-8-15/h2-10,17,19H,11-13H2,1H3. The summed E-state index contributed by atoms with van der Waals surface area (Å²) in [6, 6.07) is 16.9. The number of carbonyl (C=O) groups excluding carboxylic acids is 1. The number of esters is 1. The quantitative estimate of drug-likeness (QED) is 0.347. The van der Waals surface area contributed by atoms with E-state index in [0.29, 0.717) is 19.0 Å². The van der Waals surface area contributed by atoms with Gasteiger partial charge in [-0.3, -0.25) is 4.79 Å². The summed E-state index contributed by atoms with van der Waals surface area (Å²) >= 11 is 0. The minimum Gasteiger partial charge on any atom is -0.426 e. The van der Waals surface area contributed by atoms with Crippen LogP contribution in [0.25, 0.3) is 0 Å². The predicted molar refractivity (Wildman–Crippen MR) is 88.5 cm³/mol. The maximum Gasteiger partial charge on any atom is 0.308 e. The van der Waals surface area contributed by atoms with Crippen molar-refractivity contribution in [1.82, 2.24) is 0 Å². The van der Waals surface area contributed by atoms with Crippen molar-refractivity contribution in [1.29, 1.82) is 0 Å². The number of ether oxygens (including phenoxy) is 3. The third-order valence-corrected chi connectivity index (χ3v) is 3.58. The van der Waals surface area contributed by atoms with Gasteiger partial charge < -0.3 is 14.2 Å². The topological polar surface area (TPSA) is 63.2 Å². The summed E-state index contributed by atoms with van der Waals surface area (Å²) < 4.78 is 16.4. The molecule has 6 heteroatoms. The van der Waals surface area contributed by atoms with Crippen LogP contribution in [0.3, 0.4) is 0 Å². The van der Waals surface area contributed by atoms with Gasteiger partial charge in [-0.15, -0.1) is 0 Å². The van der Waals surface area contributed by atoms with Crippen LogP contribution in [-0.2, 0) is 30.7 Å². The van der Waals surface area contributed by atoms with Gasteiger partial charge in [-0.05, 0) is 6.07 Å². The maximum absolute atomic E-state index is 11.1. The van der Waals surface area contributed by atoms with Crippen molar-refractivity contribution >= 4 is 5.97 Å². The van der Waals surface area contributed by atoms with E-state index in [-0.39, 0.29) is 25.0 Å². The lowest BCUT2D eigenvalue weighted by Gasteiger charge is -2.28. The molecule has 1 aliphatic rings. The summed E-state index contributed by atoms with van der Waals surface area (Å²) in [5.74, 6) is 0.0771. The van der Waals surface area contributed by atoms with Crippen LogP contribution in [0, 0.1) is 0 Å². The number of hydrogen-bond donors (Lipinski definition) is 0. The van der Waals surface area contributed by atoms with Crippen LogP contribution in [0.1, 0.15) is 24.3 Å². The van der Waals surface area contributed by atoms with Crippen molar-refractivity contribution in [2.45, 2.75) is 25.9 Å². The molecule has 0 saturated carbocycles. The zero-order valence-electron chi connectivity index (χ0n) is 13.9. The van der Waals surface area contributed by atoms with Crippen LogP contribution in [0.4, 0.5) is 0 Å². The summed E-state index contributed by atoms with van der Waals surface area (Å²) in [5, 5.41) is 0. The lowest BCUT2D eigenvalue weighted by molar-refractivity contribution is -0.370. The minimum atomic E-state index is -0.384. The maximum atomic E-state index is 11.1. The van der Waals surface area contributed by atoms with Crippen LogP contribution >= 0.6 is 0 Å². The van der Waals surface area contributed by atoms with E-state index in [9.17, 15) is 4.79 Å². The Hall–Kier alpha value is -2.25. The van der Waals surface area contributed by atoms with E-state index in [4.69, 9.17) is 24.0 Å². The Kier molecular flexibility index (Phi) is 6.14. The van der Waals surface area contributed by atoms with Crippen molar-refractivity contribution in [2.24, 2.45) is 0 Å². The Labute approximate surface area is 146 Å². The molecule has 1 heterocycles. The fourth-order valence-corrected chi connectivity index (χ4v) is 2.42. The normalized spacial score (nSPS) is 20.2. The van der Waals surface area contributed by atoms with Gasteiger partial charge in [-0.25, -0.2) is 9.78 Å². The molecule has 132 valence electrons. The van der Waals surface area contributed by atoms with Crippen LogP contribution in [0.15, 0.2) is 54.6 Å². The van der Waals surface area contributed by atoms with Gasteiger partial charge >= 0.3 is 5.97 Å². The van der Waals surface area contributed by atoms with Crippen LogP contribution in [0.2, 0.25) is 0 Å². The first kappa shape index (κ1) is 17.6. The zero-order chi connectivity index (χ0) is 17.5. The first-order valence-corrected chi connectivity index (χ1v) is 8.05. The highest BCUT2D eigenvalue weighted by Crippen LogP contribution is 2.24. The molecule has 0 aromatic heterocycles. The average Bonchev–Trinajstić information content (AvgIpc) is 2.64. The molecule has 0 unspecified atom stereocenters. The summed E-state index contributed by atoms with van der Waals surface area (Å²) in [7, 11) is 0. The molecule has 6 nitrogen and oxygen atoms in total. The number of benzene rings is 2. The van der Waals surface area contributed by atoms with E-state index in [1.54, 1.807) is 18.2 Å².